The molecule has 3 aromatic carbocycles. The Morgan fingerprint density at radius 2 is 1.60 bits per heavy atom. The molecule has 1 amide bonds. The van der Waals surface area contributed by atoms with Crippen LogP contribution in [0.4, 0.5) is 0 Å². The maximum atomic E-state index is 13.6. The topological polar surface area (TPSA) is 66.6 Å². The Bertz CT molecular complexity index is 1600. The zero-order chi connectivity index (χ0) is 28.2. The minimum atomic E-state index is -0.426. The predicted molar refractivity (Wildman–Crippen MR) is 163 cm³/mol. The van der Waals surface area contributed by atoms with Gasteiger partial charge >= 0.3 is 0 Å². The Morgan fingerprint density at radius 1 is 0.900 bits per heavy atom. The summed E-state index contributed by atoms with van der Waals surface area (Å²) in [6.07, 6.45) is 2.46. The number of nitrogens with zero attached hydrogens (tertiary/aromatic N) is 2. The van der Waals surface area contributed by atoms with Gasteiger partial charge in [-0.15, -0.1) is 0 Å². The average molecular weight is 534 g/mol. The molecular weight excluding hydrogens is 494 g/mol. The number of aliphatic hydroxyl groups excluding tert-OH is 1. The Labute approximate surface area is 236 Å². The first-order chi connectivity index (χ1) is 19.4. The Balaban J connectivity index is 1.43. The third-order valence-electron chi connectivity index (χ3n) is 7.82. The summed E-state index contributed by atoms with van der Waals surface area (Å²) in [5, 5.41) is 14.3. The SMILES string of the molecule is Cc1cc(C)n2c(n1)c(Cc1ccc([C@@H](CCC(C)C)C(=O)N[C@@H](CO)c3ccccc3)cc1)c1ccccc12. The Morgan fingerprint density at radius 3 is 2.30 bits per heavy atom. The zero-order valence-electron chi connectivity index (χ0n) is 23.9. The standard InChI is InChI=1S/C35H39N3O2/c1-23(2)14-19-29(35(40)37-32(22-39)28-10-6-5-7-11-28)27-17-15-26(16-18-27)21-31-30-12-8-9-13-33(30)38-25(4)20-24(3)36-34(31)38/h5-13,15-18,20,23,29,32,39H,14,19,21-22H2,1-4H3,(H,37,40)/t29-,32+/m1/s1. The minimum absolute atomic E-state index is 0.0455. The number of aromatic nitrogens is 2. The van der Waals surface area contributed by atoms with Crippen molar-refractivity contribution >= 4 is 22.5 Å². The highest BCUT2D eigenvalue weighted by molar-refractivity contribution is 5.91. The van der Waals surface area contributed by atoms with Gasteiger partial charge in [0, 0.05) is 28.8 Å². The van der Waals surface area contributed by atoms with Crippen LogP contribution < -0.4 is 5.32 Å². The van der Waals surface area contributed by atoms with Crippen LogP contribution in [0.15, 0.2) is 84.9 Å². The third kappa shape index (κ3) is 5.80. The molecule has 0 fully saturated rings. The highest BCUT2D eigenvalue weighted by Gasteiger charge is 2.24. The number of amides is 1. The largest absolute Gasteiger partial charge is 0.394 e. The van der Waals surface area contributed by atoms with Crippen molar-refractivity contribution in [3.63, 3.8) is 0 Å². The highest BCUT2D eigenvalue weighted by Crippen LogP contribution is 2.31. The Hall–Kier alpha value is -3.96. The number of para-hydroxylation sites is 1. The van der Waals surface area contributed by atoms with E-state index in [-0.39, 0.29) is 18.4 Å². The van der Waals surface area contributed by atoms with Crippen molar-refractivity contribution in [1.82, 2.24) is 14.7 Å². The van der Waals surface area contributed by atoms with E-state index in [1.54, 1.807) is 0 Å². The van der Waals surface area contributed by atoms with E-state index < -0.39 is 6.04 Å². The Kier molecular flexibility index (Phi) is 8.32. The van der Waals surface area contributed by atoms with Gasteiger partial charge in [0.05, 0.1) is 24.1 Å². The van der Waals surface area contributed by atoms with E-state index in [0.717, 1.165) is 41.7 Å². The van der Waals surface area contributed by atoms with Gasteiger partial charge in [0.2, 0.25) is 5.91 Å². The number of hydrogen-bond donors (Lipinski definition) is 2. The van der Waals surface area contributed by atoms with Gasteiger partial charge in [-0.05, 0) is 61.4 Å². The highest BCUT2D eigenvalue weighted by atomic mass is 16.3. The van der Waals surface area contributed by atoms with Crippen molar-refractivity contribution in [1.29, 1.82) is 0 Å². The fourth-order valence-corrected chi connectivity index (χ4v) is 5.72. The van der Waals surface area contributed by atoms with Gasteiger partial charge in [0.25, 0.3) is 0 Å². The molecular formula is C35H39N3O2. The number of nitrogens with one attached hydrogen (secondary N) is 1. The van der Waals surface area contributed by atoms with Gasteiger partial charge in [0.15, 0.2) is 0 Å². The maximum absolute atomic E-state index is 13.6. The first-order valence-electron chi connectivity index (χ1n) is 14.3. The summed E-state index contributed by atoms with van der Waals surface area (Å²) < 4.78 is 2.25. The lowest BCUT2D eigenvalue weighted by molar-refractivity contribution is -0.123. The van der Waals surface area contributed by atoms with Crippen LogP contribution in [0.5, 0.6) is 0 Å². The molecule has 0 saturated carbocycles. The van der Waals surface area contributed by atoms with Gasteiger partial charge < -0.3 is 10.4 Å². The maximum Gasteiger partial charge on any atom is 0.228 e. The summed E-state index contributed by atoms with van der Waals surface area (Å²) >= 11 is 0. The van der Waals surface area contributed by atoms with E-state index in [1.807, 2.05) is 37.3 Å². The normalized spacial score (nSPS) is 13.2. The molecule has 2 heterocycles. The second kappa shape index (κ2) is 12.1. The van der Waals surface area contributed by atoms with Crippen molar-refractivity contribution < 1.29 is 9.90 Å². The van der Waals surface area contributed by atoms with Crippen LogP contribution in [0.2, 0.25) is 0 Å². The summed E-state index contributed by atoms with van der Waals surface area (Å²) in [6, 6.07) is 28.3. The van der Waals surface area contributed by atoms with E-state index in [1.165, 1.54) is 27.7 Å². The van der Waals surface area contributed by atoms with Crippen molar-refractivity contribution in [3.8, 4) is 0 Å². The minimum Gasteiger partial charge on any atom is -0.394 e. The molecule has 5 aromatic rings. The molecule has 0 unspecified atom stereocenters. The molecule has 0 aliphatic carbocycles. The molecule has 2 aromatic heterocycles. The number of hydrogen-bond acceptors (Lipinski definition) is 3. The van der Waals surface area contributed by atoms with Crippen LogP contribution in [0.3, 0.4) is 0 Å². The van der Waals surface area contributed by atoms with Gasteiger partial charge in [-0.3, -0.25) is 9.20 Å². The molecule has 0 radical (unpaired) electrons. The number of carbonyl (C=O) groups excluding carboxylic acids is 1. The van der Waals surface area contributed by atoms with E-state index in [9.17, 15) is 9.90 Å². The van der Waals surface area contributed by atoms with Crippen LogP contribution in [-0.4, -0.2) is 27.0 Å². The quantitative estimate of drug-likeness (QED) is 0.202. The number of aryl methyl sites for hydroxylation is 2. The van der Waals surface area contributed by atoms with Crippen LogP contribution in [-0.2, 0) is 11.2 Å². The predicted octanol–water partition coefficient (Wildman–Crippen LogP) is 7.06. The van der Waals surface area contributed by atoms with Crippen LogP contribution in [0, 0.1) is 19.8 Å². The smallest absolute Gasteiger partial charge is 0.228 e. The number of rotatable bonds is 10. The zero-order valence-corrected chi connectivity index (χ0v) is 23.9. The molecule has 5 heteroatoms. The fourth-order valence-electron chi connectivity index (χ4n) is 5.72. The summed E-state index contributed by atoms with van der Waals surface area (Å²) in [5.74, 6) is 0.168. The lowest BCUT2D eigenvalue weighted by Crippen LogP contribution is -2.35. The van der Waals surface area contributed by atoms with Gasteiger partial charge in [0.1, 0.15) is 5.65 Å². The molecule has 40 heavy (non-hydrogen) atoms. The number of benzene rings is 3. The fraction of sp³-hybridized carbons (Fsp3) is 0.314. The van der Waals surface area contributed by atoms with Crippen LogP contribution in [0.25, 0.3) is 16.6 Å². The molecule has 0 aliphatic rings. The number of fused-ring (bicyclic) bond motifs is 3. The molecule has 0 aliphatic heterocycles. The first kappa shape index (κ1) is 27.6. The van der Waals surface area contributed by atoms with Crippen molar-refractivity contribution in [3.05, 3.63) is 119 Å². The van der Waals surface area contributed by atoms with Gasteiger partial charge in [-0.25, -0.2) is 4.98 Å². The van der Waals surface area contributed by atoms with Gasteiger partial charge in [-0.1, -0.05) is 86.6 Å². The van der Waals surface area contributed by atoms with E-state index in [2.05, 4.69) is 85.1 Å². The van der Waals surface area contributed by atoms with E-state index >= 15 is 0 Å². The van der Waals surface area contributed by atoms with Crippen molar-refractivity contribution in [2.24, 2.45) is 5.92 Å². The van der Waals surface area contributed by atoms with E-state index in [0.29, 0.717) is 5.92 Å². The molecule has 5 nitrogen and oxygen atoms in total. The second-order valence-corrected chi connectivity index (χ2v) is 11.3. The second-order valence-electron chi connectivity index (χ2n) is 11.3. The summed E-state index contributed by atoms with van der Waals surface area (Å²) in [6.45, 7) is 8.40. The lowest BCUT2D eigenvalue weighted by atomic mass is 9.89. The third-order valence-corrected chi connectivity index (χ3v) is 7.82. The van der Waals surface area contributed by atoms with Crippen LogP contribution in [0.1, 0.15) is 72.3 Å². The number of carbonyl (C=O) groups is 1. The van der Waals surface area contributed by atoms with Crippen molar-refractivity contribution in [2.45, 2.75) is 58.9 Å². The molecule has 5 rings (SSSR count). The number of aliphatic hydroxyl groups is 1. The summed E-state index contributed by atoms with van der Waals surface area (Å²) in [7, 11) is 0. The van der Waals surface area contributed by atoms with Gasteiger partial charge in [-0.2, -0.15) is 0 Å². The molecule has 2 atom stereocenters. The van der Waals surface area contributed by atoms with Crippen LogP contribution >= 0.6 is 0 Å². The monoisotopic (exact) mass is 533 g/mol. The van der Waals surface area contributed by atoms with Crippen molar-refractivity contribution in [2.75, 3.05) is 6.61 Å². The lowest BCUT2D eigenvalue weighted by Gasteiger charge is -2.23. The molecule has 2 N–H and O–H groups in total. The average Bonchev–Trinajstić information content (AvgIpc) is 3.26. The molecule has 0 bridgehead atoms. The first-order valence-corrected chi connectivity index (χ1v) is 14.3. The molecule has 0 spiro atoms. The van der Waals surface area contributed by atoms with E-state index in [4.69, 9.17) is 4.98 Å². The molecule has 0 saturated heterocycles. The molecule has 206 valence electrons. The summed E-state index contributed by atoms with van der Waals surface area (Å²) in [4.78, 5) is 18.5. The summed E-state index contributed by atoms with van der Waals surface area (Å²) in [5.41, 5.74) is 8.69.